The fraction of sp³-hybridized carbons (Fsp3) is 0.250. The minimum atomic E-state index is 0.831. The van der Waals surface area contributed by atoms with Crippen LogP contribution in [0.15, 0.2) is 28.9 Å². The Balaban J connectivity index is 2.38. The highest BCUT2D eigenvalue weighted by Crippen LogP contribution is 2.30. The molecule has 1 aromatic heterocycles. The highest BCUT2D eigenvalue weighted by Gasteiger charge is 2.07. The summed E-state index contributed by atoms with van der Waals surface area (Å²) in [6.07, 6.45) is 1.95. The molecule has 0 aliphatic heterocycles. The Labute approximate surface area is 108 Å². The lowest BCUT2D eigenvalue weighted by Gasteiger charge is -2.02. The van der Waals surface area contributed by atoms with Crippen LogP contribution in [0.1, 0.15) is 10.6 Å². The molecule has 0 saturated carbocycles. The number of hydrogen-bond acceptors (Lipinski definition) is 3. The first-order chi connectivity index (χ1) is 7.70. The molecule has 0 saturated heterocycles. The van der Waals surface area contributed by atoms with Crippen LogP contribution in [0.25, 0.3) is 10.4 Å². The number of halogens is 1. The van der Waals surface area contributed by atoms with Crippen molar-refractivity contribution in [3.05, 3.63) is 39.4 Å². The number of benzene rings is 1. The molecule has 2 rings (SSSR count). The summed E-state index contributed by atoms with van der Waals surface area (Å²) in [5.74, 6) is 0. The Hall–Kier alpha value is -0.710. The number of thiazole rings is 1. The lowest BCUT2D eigenvalue weighted by Crippen LogP contribution is -2.03. The van der Waals surface area contributed by atoms with Crippen molar-refractivity contribution in [2.75, 3.05) is 7.05 Å². The molecule has 0 bridgehead atoms. The van der Waals surface area contributed by atoms with Crippen molar-refractivity contribution >= 4 is 27.3 Å². The zero-order valence-electron chi connectivity index (χ0n) is 9.25. The Morgan fingerprint density at radius 3 is 3.00 bits per heavy atom. The van der Waals surface area contributed by atoms with Crippen LogP contribution in [-0.2, 0) is 6.54 Å². The highest BCUT2D eigenvalue weighted by atomic mass is 79.9. The molecule has 0 aliphatic rings. The molecule has 0 aliphatic carbocycles. The van der Waals surface area contributed by atoms with E-state index in [4.69, 9.17) is 0 Å². The minimum Gasteiger partial charge on any atom is -0.314 e. The Morgan fingerprint density at radius 1 is 1.44 bits per heavy atom. The lowest BCUT2D eigenvalue weighted by atomic mass is 10.1. The Kier molecular flexibility index (Phi) is 3.74. The van der Waals surface area contributed by atoms with E-state index in [0.29, 0.717) is 0 Å². The van der Waals surface area contributed by atoms with E-state index >= 15 is 0 Å². The summed E-state index contributed by atoms with van der Waals surface area (Å²) in [5.41, 5.74) is 2.54. The van der Waals surface area contributed by atoms with E-state index in [1.807, 2.05) is 13.2 Å². The fourth-order valence-corrected chi connectivity index (χ4v) is 2.90. The van der Waals surface area contributed by atoms with Gasteiger partial charge in [0.25, 0.3) is 0 Å². The van der Waals surface area contributed by atoms with Crippen molar-refractivity contribution < 1.29 is 0 Å². The average Bonchev–Trinajstić information content (AvgIpc) is 2.71. The highest BCUT2D eigenvalue weighted by molar-refractivity contribution is 9.10. The van der Waals surface area contributed by atoms with Gasteiger partial charge in [0.15, 0.2) is 0 Å². The van der Waals surface area contributed by atoms with E-state index in [1.165, 1.54) is 16.0 Å². The normalized spacial score (nSPS) is 10.7. The van der Waals surface area contributed by atoms with Gasteiger partial charge in [0.2, 0.25) is 0 Å². The number of aryl methyl sites for hydroxylation is 1. The Morgan fingerprint density at radius 2 is 2.25 bits per heavy atom. The summed E-state index contributed by atoms with van der Waals surface area (Å²) in [4.78, 5) is 5.62. The lowest BCUT2D eigenvalue weighted by molar-refractivity contribution is 0.810. The maximum absolute atomic E-state index is 4.39. The first-order valence-corrected chi connectivity index (χ1v) is 6.67. The number of nitrogens with zero attached hydrogens (tertiary/aromatic N) is 1. The SMILES string of the molecule is CNCc1ncc(-c2cc(Br)ccc2C)s1. The van der Waals surface area contributed by atoms with E-state index in [1.54, 1.807) is 11.3 Å². The van der Waals surface area contributed by atoms with Gasteiger partial charge in [0, 0.05) is 17.2 Å². The summed E-state index contributed by atoms with van der Waals surface area (Å²) in [6.45, 7) is 2.96. The molecule has 4 heteroatoms. The maximum Gasteiger partial charge on any atom is 0.107 e. The van der Waals surface area contributed by atoms with Crippen molar-refractivity contribution in [3.63, 3.8) is 0 Å². The largest absolute Gasteiger partial charge is 0.314 e. The summed E-state index contributed by atoms with van der Waals surface area (Å²) < 4.78 is 1.11. The molecule has 84 valence electrons. The maximum atomic E-state index is 4.39. The molecule has 1 aromatic carbocycles. The van der Waals surface area contributed by atoms with Gasteiger partial charge >= 0.3 is 0 Å². The molecule has 0 amide bonds. The summed E-state index contributed by atoms with van der Waals surface area (Å²) >= 11 is 5.24. The first-order valence-electron chi connectivity index (χ1n) is 5.06. The van der Waals surface area contributed by atoms with Gasteiger partial charge in [-0.15, -0.1) is 11.3 Å². The third-order valence-corrected chi connectivity index (χ3v) is 3.87. The number of rotatable bonds is 3. The summed E-state index contributed by atoms with van der Waals surface area (Å²) in [5, 5.41) is 4.24. The van der Waals surface area contributed by atoms with Crippen LogP contribution in [0.3, 0.4) is 0 Å². The van der Waals surface area contributed by atoms with Crippen molar-refractivity contribution in [1.82, 2.24) is 10.3 Å². The smallest absolute Gasteiger partial charge is 0.107 e. The molecule has 0 unspecified atom stereocenters. The van der Waals surface area contributed by atoms with Crippen LogP contribution in [-0.4, -0.2) is 12.0 Å². The molecule has 0 radical (unpaired) electrons. The van der Waals surface area contributed by atoms with Gasteiger partial charge in [-0.25, -0.2) is 4.98 Å². The van der Waals surface area contributed by atoms with Gasteiger partial charge in [0.05, 0.1) is 4.88 Å². The monoisotopic (exact) mass is 296 g/mol. The Bertz CT molecular complexity index is 494. The molecule has 1 N–H and O–H groups in total. The second kappa shape index (κ2) is 5.08. The molecule has 2 aromatic rings. The van der Waals surface area contributed by atoms with Crippen LogP contribution in [0.5, 0.6) is 0 Å². The topological polar surface area (TPSA) is 24.9 Å². The van der Waals surface area contributed by atoms with Gasteiger partial charge < -0.3 is 5.32 Å². The fourth-order valence-electron chi connectivity index (χ4n) is 1.53. The summed E-state index contributed by atoms with van der Waals surface area (Å²) in [6, 6.07) is 6.33. The third kappa shape index (κ3) is 2.51. The zero-order chi connectivity index (χ0) is 11.5. The van der Waals surface area contributed by atoms with Gasteiger partial charge in [-0.2, -0.15) is 0 Å². The summed E-state index contributed by atoms with van der Waals surface area (Å²) in [7, 11) is 1.94. The standard InChI is InChI=1S/C12H13BrN2S/c1-8-3-4-9(13)5-10(8)11-6-15-12(16-11)7-14-2/h3-6,14H,7H2,1-2H3. The van der Waals surface area contributed by atoms with Gasteiger partial charge in [0.1, 0.15) is 5.01 Å². The zero-order valence-corrected chi connectivity index (χ0v) is 11.7. The molecule has 0 spiro atoms. The van der Waals surface area contributed by atoms with Crippen molar-refractivity contribution in [2.45, 2.75) is 13.5 Å². The van der Waals surface area contributed by atoms with Crippen molar-refractivity contribution in [2.24, 2.45) is 0 Å². The van der Waals surface area contributed by atoms with Crippen LogP contribution in [0.2, 0.25) is 0 Å². The number of aromatic nitrogens is 1. The molecule has 0 fully saturated rings. The average molecular weight is 297 g/mol. The molecule has 2 nitrogen and oxygen atoms in total. The van der Waals surface area contributed by atoms with Crippen LogP contribution >= 0.6 is 27.3 Å². The second-order valence-corrected chi connectivity index (χ2v) is 5.64. The first kappa shape index (κ1) is 11.8. The molecule has 1 heterocycles. The second-order valence-electron chi connectivity index (χ2n) is 3.61. The van der Waals surface area contributed by atoms with E-state index in [-0.39, 0.29) is 0 Å². The quantitative estimate of drug-likeness (QED) is 0.936. The molecule has 16 heavy (non-hydrogen) atoms. The molecular weight excluding hydrogens is 284 g/mol. The minimum absolute atomic E-state index is 0.831. The van der Waals surface area contributed by atoms with Crippen LogP contribution in [0.4, 0.5) is 0 Å². The molecular formula is C12H13BrN2S. The van der Waals surface area contributed by atoms with Crippen molar-refractivity contribution in [1.29, 1.82) is 0 Å². The predicted octanol–water partition coefficient (Wildman–Crippen LogP) is 3.60. The van der Waals surface area contributed by atoms with Gasteiger partial charge in [-0.05, 0) is 37.2 Å². The van der Waals surface area contributed by atoms with E-state index < -0.39 is 0 Å². The van der Waals surface area contributed by atoms with Crippen LogP contribution < -0.4 is 5.32 Å². The molecule has 0 atom stereocenters. The number of nitrogens with one attached hydrogen (secondary N) is 1. The van der Waals surface area contributed by atoms with E-state index in [2.05, 4.69) is 51.4 Å². The number of hydrogen-bond donors (Lipinski definition) is 1. The van der Waals surface area contributed by atoms with E-state index in [0.717, 1.165) is 16.0 Å². The van der Waals surface area contributed by atoms with Gasteiger partial charge in [-0.3, -0.25) is 0 Å². The van der Waals surface area contributed by atoms with Gasteiger partial charge in [-0.1, -0.05) is 22.0 Å². The predicted molar refractivity (Wildman–Crippen MR) is 72.8 cm³/mol. The van der Waals surface area contributed by atoms with E-state index in [9.17, 15) is 0 Å². The third-order valence-electron chi connectivity index (χ3n) is 2.35. The van der Waals surface area contributed by atoms with Crippen molar-refractivity contribution in [3.8, 4) is 10.4 Å². The van der Waals surface area contributed by atoms with Crippen LogP contribution in [0, 0.1) is 6.92 Å².